The summed E-state index contributed by atoms with van der Waals surface area (Å²) in [5.41, 5.74) is 4.89. The number of rotatable bonds is 9. The average Bonchev–Trinajstić information content (AvgIpc) is 3.98. The molecule has 3 amide bonds. The summed E-state index contributed by atoms with van der Waals surface area (Å²) in [6.07, 6.45) is 6.60. The number of benzene rings is 2. The van der Waals surface area contributed by atoms with E-state index in [4.69, 9.17) is 4.74 Å². The molecule has 2 aromatic carbocycles. The van der Waals surface area contributed by atoms with Crippen molar-refractivity contribution in [3.05, 3.63) is 83.7 Å². The van der Waals surface area contributed by atoms with Gasteiger partial charge in [0.1, 0.15) is 23.3 Å². The van der Waals surface area contributed by atoms with Crippen LogP contribution >= 0.6 is 0 Å². The summed E-state index contributed by atoms with van der Waals surface area (Å²) in [5.74, 6) is 8.36. The van der Waals surface area contributed by atoms with Crippen molar-refractivity contribution in [3.8, 4) is 34.4 Å². The maximum atomic E-state index is 13.7. The van der Waals surface area contributed by atoms with Crippen molar-refractivity contribution in [3.63, 3.8) is 0 Å². The summed E-state index contributed by atoms with van der Waals surface area (Å²) in [6.45, 7) is 16.8. The van der Waals surface area contributed by atoms with Crippen LogP contribution in [0.4, 0.5) is 4.79 Å². The molecule has 0 aliphatic carbocycles. The Kier molecular flexibility index (Phi) is 11.8. The number of amides is 3. The van der Waals surface area contributed by atoms with Gasteiger partial charge in [-0.2, -0.15) is 0 Å². The Bertz CT molecular complexity index is 2030. The number of aromatic amines is 2. The number of nitrogens with one attached hydrogen (secondary N) is 3. The second kappa shape index (κ2) is 16.6. The van der Waals surface area contributed by atoms with Gasteiger partial charge in [0.15, 0.2) is 0 Å². The van der Waals surface area contributed by atoms with Crippen LogP contribution in [0.5, 0.6) is 0 Å². The van der Waals surface area contributed by atoms with Crippen LogP contribution in [0.1, 0.15) is 116 Å². The number of imidazole rings is 2. The standard InChI is InChI=1S/C44H55N7O4/c1-27(2)29(5)41(52)50-23-9-11-36(50)39-45-25-34(47-39)32-19-15-30(16-20-32)13-14-31-17-21-33(22-18-31)35-26-46-40(48-35)37-12-10-24-51(37)42(53)38(28(3)4)49-43(54)55-44(6,7)8/h15-22,25-29,36-38H,9-12,23-24H2,1-8H3,(H,45,47)(H,46,48)(H,49,54)/t29-,36-,37-,38-/m0/s1. The maximum absolute atomic E-state index is 13.7. The Morgan fingerprint density at radius 1 is 0.727 bits per heavy atom. The van der Waals surface area contributed by atoms with Gasteiger partial charge in [0.05, 0.1) is 35.9 Å². The fourth-order valence-electron chi connectivity index (χ4n) is 7.22. The van der Waals surface area contributed by atoms with E-state index in [0.717, 1.165) is 77.5 Å². The second-order valence-corrected chi connectivity index (χ2v) is 16.5. The van der Waals surface area contributed by atoms with Gasteiger partial charge in [-0.1, -0.05) is 70.7 Å². The largest absolute Gasteiger partial charge is 0.444 e. The smallest absolute Gasteiger partial charge is 0.408 e. The van der Waals surface area contributed by atoms with E-state index in [9.17, 15) is 14.4 Å². The van der Waals surface area contributed by atoms with Gasteiger partial charge in [0.25, 0.3) is 0 Å². The number of H-pyrrole nitrogens is 2. The van der Waals surface area contributed by atoms with E-state index in [1.807, 2.05) is 85.3 Å². The molecule has 0 radical (unpaired) electrons. The highest BCUT2D eigenvalue weighted by Gasteiger charge is 2.38. The molecule has 55 heavy (non-hydrogen) atoms. The number of ether oxygens (including phenoxy) is 1. The number of alkyl carbamates (subject to hydrolysis) is 1. The lowest BCUT2D eigenvalue weighted by atomic mass is 9.96. The van der Waals surface area contributed by atoms with Crippen LogP contribution in [-0.4, -0.2) is 72.4 Å². The summed E-state index contributed by atoms with van der Waals surface area (Å²) in [4.78, 5) is 59.5. The van der Waals surface area contributed by atoms with Gasteiger partial charge in [-0.15, -0.1) is 0 Å². The van der Waals surface area contributed by atoms with Crippen LogP contribution in [0.2, 0.25) is 0 Å². The van der Waals surface area contributed by atoms with Crippen molar-refractivity contribution in [2.45, 2.75) is 105 Å². The molecule has 2 aliphatic rings. The minimum absolute atomic E-state index is 0.0124. The number of likely N-dealkylation sites (tertiary alicyclic amines) is 2. The molecule has 0 spiro atoms. The number of aromatic nitrogens is 4. The van der Waals surface area contributed by atoms with Gasteiger partial charge in [-0.05, 0) is 93.7 Å². The topological polar surface area (TPSA) is 136 Å². The zero-order valence-electron chi connectivity index (χ0n) is 33.4. The van der Waals surface area contributed by atoms with Gasteiger partial charge in [-0.25, -0.2) is 14.8 Å². The van der Waals surface area contributed by atoms with Crippen LogP contribution in [0, 0.1) is 29.6 Å². The van der Waals surface area contributed by atoms with E-state index in [2.05, 4.69) is 50.9 Å². The van der Waals surface area contributed by atoms with Gasteiger partial charge in [0, 0.05) is 30.1 Å². The van der Waals surface area contributed by atoms with Gasteiger partial charge in [0.2, 0.25) is 11.8 Å². The summed E-state index contributed by atoms with van der Waals surface area (Å²) >= 11 is 0. The van der Waals surface area contributed by atoms with Gasteiger partial charge >= 0.3 is 6.09 Å². The Hall–Kier alpha value is -5.37. The van der Waals surface area contributed by atoms with Crippen molar-refractivity contribution in [1.82, 2.24) is 35.1 Å². The fraction of sp³-hybridized carbons (Fsp3) is 0.477. The summed E-state index contributed by atoms with van der Waals surface area (Å²) in [6, 6.07) is 15.2. The Morgan fingerprint density at radius 2 is 1.18 bits per heavy atom. The molecule has 6 rings (SSSR count). The first-order valence-electron chi connectivity index (χ1n) is 19.6. The van der Waals surface area contributed by atoms with Crippen LogP contribution in [0.25, 0.3) is 22.5 Å². The molecule has 0 saturated carbocycles. The van der Waals surface area contributed by atoms with E-state index in [-0.39, 0.29) is 35.7 Å². The molecular formula is C44H55N7O4. The van der Waals surface area contributed by atoms with E-state index >= 15 is 0 Å². The van der Waals surface area contributed by atoms with Crippen LogP contribution in [0.3, 0.4) is 0 Å². The minimum atomic E-state index is -0.702. The quantitative estimate of drug-likeness (QED) is 0.149. The normalized spacial score (nSPS) is 18.3. The van der Waals surface area contributed by atoms with Gasteiger partial charge < -0.3 is 29.8 Å². The number of hydrogen-bond donors (Lipinski definition) is 3. The summed E-state index contributed by atoms with van der Waals surface area (Å²) in [7, 11) is 0. The van der Waals surface area contributed by atoms with E-state index in [0.29, 0.717) is 12.5 Å². The fourth-order valence-corrected chi connectivity index (χ4v) is 7.22. The highest BCUT2D eigenvalue weighted by atomic mass is 16.6. The molecule has 4 atom stereocenters. The third kappa shape index (κ3) is 9.30. The lowest BCUT2D eigenvalue weighted by molar-refractivity contribution is -0.137. The molecule has 3 N–H and O–H groups in total. The third-order valence-electron chi connectivity index (χ3n) is 10.6. The summed E-state index contributed by atoms with van der Waals surface area (Å²) < 4.78 is 5.43. The molecule has 290 valence electrons. The zero-order chi connectivity index (χ0) is 39.4. The number of carbonyl (C=O) groups excluding carboxylic acids is 3. The predicted octanol–water partition coefficient (Wildman–Crippen LogP) is 8.04. The SMILES string of the molecule is CC(C)[C@H](C)C(=O)N1CCC[C@H]1c1ncc(-c2ccc(C#Cc3ccc(-c4cnc([C@@H]5CCCN5C(=O)[C@@H](NC(=O)OC(C)(C)C)C(C)C)[nH]4)cc3)cc2)[nH]1. The Balaban J connectivity index is 1.07. The molecule has 2 aliphatic heterocycles. The molecule has 2 fully saturated rings. The lowest BCUT2D eigenvalue weighted by Gasteiger charge is -2.31. The molecule has 2 aromatic heterocycles. The van der Waals surface area contributed by atoms with Crippen molar-refractivity contribution >= 4 is 17.9 Å². The van der Waals surface area contributed by atoms with E-state index < -0.39 is 17.7 Å². The highest BCUT2D eigenvalue weighted by molar-refractivity contribution is 5.86. The van der Waals surface area contributed by atoms with E-state index in [1.165, 1.54) is 0 Å². The number of carbonyl (C=O) groups is 3. The average molecular weight is 746 g/mol. The molecule has 0 unspecified atom stereocenters. The number of hydrogen-bond acceptors (Lipinski definition) is 6. The maximum Gasteiger partial charge on any atom is 0.408 e. The predicted molar refractivity (Wildman–Crippen MR) is 213 cm³/mol. The highest BCUT2D eigenvalue weighted by Crippen LogP contribution is 2.35. The van der Waals surface area contributed by atoms with Crippen LogP contribution < -0.4 is 5.32 Å². The molecule has 11 heteroatoms. The monoisotopic (exact) mass is 745 g/mol. The van der Waals surface area contributed by atoms with Gasteiger partial charge in [-0.3, -0.25) is 9.59 Å². The van der Waals surface area contributed by atoms with Crippen molar-refractivity contribution in [1.29, 1.82) is 0 Å². The van der Waals surface area contributed by atoms with Crippen LogP contribution in [0.15, 0.2) is 60.9 Å². The Labute approximate surface area is 325 Å². The molecule has 11 nitrogen and oxygen atoms in total. The van der Waals surface area contributed by atoms with E-state index in [1.54, 1.807) is 27.0 Å². The first-order valence-corrected chi connectivity index (χ1v) is 19.6. The molecule has 4 aromatic rings. The van der Waals surface area contributed by atoms with Crippen molar-refractivity contribution < 1.29 is 19.1 Å². The van der Waals surface area contributed by atoms with Crippen molar-refractivity contribution in [2.75, 3.05) is 13.1 Å². The molecule has 4 heterocycles. The zero-order valence-corrected chi connectivity index (χ0v) is 33.4. The molecular weight excluding hydrogens is 691 g/mol. The van der Waals surface area contributed by atoms with Crippen molar-refractivity contribution in [2.24, 2.45) is 17.8 Å². The summed E-state index contributed by atoms with van der Waals surface area (Å²) in [5, 5.41) is 2.80. The molecule has 0 bridgehead atoms. The first-order chi connectivity index (χ1) is 26.2. The Morgan fingerprint density at radius 3 is 1.60 bits per heavy atom. The second-order valence-electron chi connectivity index (χ2n) is 16.5. The third-order valence-corrected chi connectivity index (χ3v) is 10.6. The first kappa shape index (κ1) is 39.3. The lowest BCUT2D eigenvalue weighted by Crippen LogP contribution is -2.52. The number of nitrogens with zero attached hydrogens (tertiary/aromatic N) is 4. The van der Waals surface area contributed by atoms with Crippen LogP contribution in [-0.2, 0) is 14.3 Å². The molecule has 2 saturated heterocycles. The minimum Gasteiger partial charge on any atom is -0.444 e.